The fourth-order valence-electron chi connectivity index (χ4n) is 0.960. The molecule has 0 saturated heterocycles. The average molecular weight is 200 g/mol. The normalized spacial score (nSPS) is 11.1. The molecule has 0 spiro atoms. The highest BCUT2D eigenvalue weighted by Gasteiger charge is 2.06. The first kappa shape index (κ1) is 10.8. The molecule has 1 aromatic carbocycles. The maximum Gasteiger partial charge on any atom is 0.129 e. The fourth-order valence-corrected chi connectivity index (χ4v) is 1.48. The SMILES string of the molecule is C[Si](C)(C)C#CC=Cc1ccccc1. The summed E-state index contributed by atoms with van der Waals surface area (Å²) < 4.78 is 0. The topological polar surface area (TPSA) is 0 Å². The molecule has 0 aliphatic heterocycles. The summed E-state index contributed by atoms with van der Waals surface area (Å²) in [6.07, 6.45) is 3.99. The highest BCUT2D eigenvalue weighted by molar-refractivity contribution is 6.83. The van der Waals surface area contributed by atoms with E-state index >= 15 is 0 Å². The molecule has 0 fully saturated rings. The van der Waals surface area contributed by atoms with E-state index in [1.807, 2.05) is 30.4 Å². The Balaban J connectivity index is 2.61. The van der Waals surface area contributed by atoms with E-state index in [1.54, 1.807) is 0 Å². The lowest BCUT2D eigenvalue weighted by Crippen LogP contribution is -2.16. The highest BCUT2D eigenvalue weighted by Crippen LogP contribution is 2.00. The van der Waals surface area contributed by atoms with E-state index in [-0.39, 0.29) is 0 Å². The number of hydrogen-bond donors (Lipinski definition) is 0. The molecule has 1 rings (SSSR count). The Morgan fingerprint density at radius 3 is 2.29 bits per heavy atom. The summed E-state index contributed by atoms with van der Waals surface area (Å²) in [5, 5.41) is 0. The van der Waals surface area contributed by atoms with Gasteiger partial charge in [0.05, 0.1) is 0 Å². The van der Waals surface area contributed by atoms with E-state index in [4.69, 9.17) is 0 Å². The molecule has 0 radical (unpaired) electrons. The van der Waals surface area contributed by atoms with Crippen LogP contribution in [0.15, 0.2) is 36.4 Å². The summed E-state index contributed by atoms with van der Waals surface area (Å²) in [5.41, 5.74) is 4.50. The second-order valence-electron chi connectivity index (χ2n) is 4.26. The number of allylic oxidation sites excluding steroid dienone is 1. The molecule has 0 aromatic heterocycles. The van der Waals surface area contributed by atoms with E-state index in [2.05, 4.69) is 43.2 Å². The molecular formula is C13H16Si. The van der Waals surface area contributed by atoms with Crippen molar-refractivity contribution >= 4 is 14.1 Å². The third-order valence-electron chi connectivity index (χ3n) is 1.61. The number of hydrogen-bond acceptors (Lipinski definition) is 0. The van der Waals surface area contributed by atoms with Gasteiger partial charge in [-0.2, -0.15) is 0 Å². The van der Waals surface area contributed by atoms with Gasteiger partial charge in [0.15, 0.2) is 0 Å². The van der Waals surface area contributed by atoms with Crippen molar-refractivity contribution in [3.05, 3.63) is 42.0 Å². The smallest absolute Gasteiger partial charge is 0.127 e. The minimum Gasteiger partial charge on any atom is -0.127 e. The maximum absolute atomic E-state index is 3.29. The molecule has 14 heavy (non-hydrogen) atoms. The Bertz CT molecular complexity index is 358. The predicted octanol–water partition coefficient (Wildman–Crippen LogP) is 3.58. The summed E-state index contributed by atoms with van der Waals surface area (Å²) in [4.78, 5) is 0. The van der Waals surface area contributed by atoms with Gasteiger partial charge in [0.25, 0.3) is 0 Å². The summed E-state index contributed by atoms with van der Waals surface area (Å²) in [5.74, 6) is 3.10. The Labute approximate surface area is 87.7 Å². The first-order chi connectivity index (χ1) is 6.58. The van der Waals surface area contributed by atoms with Crippen LogP contribution >= 0.6 is 0 Å². The van der Waals surface area contributed by atoms with Crippen molar-refractivity contribution in [1.82, 2.24) is 0 Å². The van der Waals surface area contributed by atoms with Crippen LogP contribution in [0.1, 0.15) is 5.56 Å². The van der Waals surface area contributed by atoms with Crippen LogP contribution in [-0.4, -0.2) is 8.07 Å². The Morgan fingerprint density at radius 1 is 1.07 bits per heavy atom. The number of benzene rings is 1. The zero-order valence-electron chi connectivity index (χ0n) is 9.04. The van der Waals surface area contributed by atoms with E-state index in [0.717, 1.165) is 0 Å². The van der Waals surface area contributed by atoms with Gasteiger partial charge in [-0.05, 0) is 17.7 Å². The van der Waals surface area contributed by atoms with Crippen LogP contribution in [0.3, 0.4) is 0 Å². The maximum atomic E-state index is 3.29. The van der Waals surface area contributed by atoms with Crippen LogP contribution in [-0.2, 0) is 0 Å². The van der Waals surface area contributed by atoms with Gasteiger partial charge < -0.3 is 0 Å². The largest absolute Gasteiger partial charge is 0.129 e. The van der Waals surface area contributed by atoms with Gasteiger partial charge in [-0.15, -0.1) is 5.54 Å². The third-order valence-corrected chi connectivity index (χ3v) is 2.50. The molecule has 72 valence electrons. The fraction of sp³-hybridized carbons (Fsp3) is 0.231. The van der Waals surface area contributed by atoms with Gasteiger partial charge in [-0.3, -0.25) is 0 Å². The first-order valence-electron chi connectivity index (χ1n) is 4.82. The van der Waals surface area contributed by atoms with E-state index in [0.29, 0.717) is 0 Å². The van der Waals surface area contributed by atoms with E-state index in [9.17, 15) is 0 Å². The molecule has 1 aromatic rings. The molecule has 0 aliphatic rings. The van der Waals surface area contributed by atoms with Crippen molar-refractivity contribution in [2.75, 3.05) is 0 Å². The molecule has 0 atom stereocenters. The Hall–Kier alpha value is -1.26. The zero-order chi connectivity index (χ0) is 10.4. The van der Waals surface area contributed by atoms with Gasteiger partial charge in [0.1, 0.15) is 8.07 Å². The van der Waals surface area contributed by atoms with Crippen LogP contribution in [0.2, 0.25) is 19.6 Å². The molecule has 0 amide bonds. The summed E-state index contributed by atoms with van der Waals surface area (Å²) in [6.45, 7) is 6.74. The molecule has 0 unspecified atom stereocenters. The van der Waals surface area contributed by atoms with Crippen LogP contribution in [0.5, 0.6) is 0 Å². The molecule has 0 N–H and O–H groups in total. The lowest BCUT2D eigenvalue weighted by molar-refractivity contribution is 1.66. The van der Waals surface area contributed by atoms with E-state index in [1.165, 1.54) is 5.56 Å². The monoisotopic (exact) mass is 200 g/mol. The van der Waals surface area contributed by atoms with Crippen LogP contribution < -0.4 is 0 Å². The molecule has 1 heteroatoms. The van der Waals surface area contributed by atoms with E-state index < -0.39 is 8.07 Å². The van der Waals surface area contributed by atoms with Crippen molar-refractivity contribution in [2.45, 2.75) is 19.6 Å². The minimum absolute atomic E-state index is 1.21. The molecule has 0 saturated carbocycles. The average Bonchev–Trinajstić information content (AvgIpc) is 2.13. The molecule has 0 nitrogen and oxygen atoms in total. The lowest BCUT2D eigenvalue weighted by atomic mass is 10.2. The lowest BCUT2D eigenvalue weighted by Gasteiger charge is -2.02. The first-order valence-corrected chi connectivity index (χ1v) is 8.32. The standard InChI is InChI=1S/C13H16Si/c1-14(2,3)12-8-7-11-13-9-5-4-6-10-13/h4-7,9-11H,1-3H3. The van der Waals surface area contributed by atoms with Crippen LogP contribution in [0.4, 0.5) is 0 Å². The molecule has 0 heterocycles. The zero-order valence-corrected chi connectivity index (χ0v) is 10.0. The summed E-state index contributed by atoms with van der Waals surface area (Å²) in [7, 11) is -1.21. The molecular weight excluding hydrogens is 184 g/mol. The van der Waals surface area contributed by atoms with Gasteiger partial charge in [0.2, 0.25) is 0 Å². The van der Waals surface area contributed by atoms with Crippen LogP contribution in [0.25, 0.3) is 6.08 Å². The van der Waals surface area contributed by atoms with Crippen molar-refractivity contribution in [3.8, 4) is 11.5 Å². The molecule has 0 aliphatic carbocycles. The predicted molar refractivity (Wildman–Crippen MR) is 66.6 cm³/mol. The third kappa shape index (κ3) is 4.69. The van der Waals surface area contributed by atoms with Crippen molar-refractivity contribution in [2.24, 2.45) is 0 Å². The minimum atomic E-state index is -1.21. The molecule has 0 bridgehead atoms. The Kier molecular flexibility index (Phi) is 3.73. The summed E-state index contributed by atoms with van der Waals surface area (Å²) in [6, 6.07) is 10.2. The van der Waals surface area contributed by atoms with Gasteiger partial charge in [0, 0.05) is 0 Å². The van der Waals surface area contributed by atoms with Gasteiger partial charge in [-0.25, -0.2) is 0 Å². The number of rotatable bonds is 1. The Morgan fingerprint density at radius 2 is 1.71 bits per heavy atom. The summed E-state index contributed by atoms with van der Waals surface area (Å²) >= 11 is 0. The van der Waals surface area contributed by atoms with Gasteiger partial charge in [-0.1, -0.05) is 55.9 Å². The van der Waals surface area contributed by atoms with Crippen molar-refractivity contribution in [1.29, 1.82) is 0 Å². The highest BCUT2D eigenvalue weighted by atomic mass is 28.3. The van der Waals surface area contributed by atoms with Crippen molar-refractivity contribution < 1.29 is 0 Å². The van der Waals surface area contributed by atoms with Gasteiger partial charge >= 0.3 is 0 Å². The second-order valence-corrected chi connectivity index (χ2v) is 9.01. The second kappa shape index (κ2) is 4.83. The quantitative estimate of drug-likeness (QED) is 0.480. The van der Waals surface area contributed by atoms with Crippen LogP contribution in [0, 0.1) is 11.5 Å². The van der Waals surface area contributed by atoms with Crippen molar-refractivity contribution in [3.63, 3.8) is 0 Å².